The molecule has 1 aromatic carbocycles. The largest absolute Gasteiger partial charge is 0.352 e. The second-order valence-electron chi connectivity index (χ2n) is 6.73. The summed E-state index contributed by atoms with van der Waals surface area (Å²) >= 11 is 0. The van der Waals surface area contributed by atoms with Gasteiger partial charge in [0.1, 0.15) is 0 Å². The van der Waals surface area contributed by atoms with Gasteiger partial charge in [-0.05, 0) is 36.8 Å². The summed E-state index contributed by atoms with van der Waals surface area (Å²) in [5, 5.41) is 2.90. The fourth-order valence-corrected chi connectivity index (χ4v) is 2.20. The molecule has 1 N–H and O–H groups in total. The van der Waals surface area contributed by atoms with Crippen molar-refractivity contribution in [1.29, 1.82) is 0 Å². The van der Waals surface area contributed by atoms with Crippen molar-refractivity contribution in [3.8, 4) is 0 Å². The Morgan fingerprint density at radius 1 is 0.909 bits per heavy atom. The zero-order chi connectivity index (χ0) is 16.5. The molecule has 0 aliphatic carbocycles. The third-order valence-corrected chi connectivity index (χ3v) is 3.66. The Kier molecular flexibility index (Phi) is 7.86. The van der Waals surface area contributed by atoms with Gasteiger partial charge in [0.25, 0.3) is 5.91 Å². The van der Waals surface area contributed by atoms with Crippen molar-refractivity contribution in [2.24, 2.45) is 11.8 Å². The predicted octanol–water partition coefficient (Wildman–Crippen LogP) is 4.47. The highest BCUT2D eigenvalue weighted by molar-refractivity contribution is 5.98. The molecule has 1 aromatic rings. The Morgan fingerprint density at radius 3 is 2.00 bits per heavy atom. The molecule has 0 heterocycles. The van der Waals surface area contributed by atoms with E-state index in [1.165, 1.54) is 0 Å². The Labute approximate surface area is 134 Å². The van der Waals surface area contributed by atoms with Crippen LogP contribution in [0, 0.1) is 11.8 Å². The lowest BCUT2D eigenvalue weighted by atomic mass is 10.0. The SMILES string of the molecule is CC(C)CCCC(=O)c1ccc(C(=O)NCCC(C)C)cc1. The average Bonchev–Trinajstić information content (AvgIpc) is 2.46. The van der Waals surface area contributed by atoms with Crippen LogP contribution in [0.25, 0.3) is 0 Å². The summed E-state index contributed by atoms with van der Waals surface area (Å²) in [5.41, 5.74) is 1.31. The number of Topliss-reactive ketones (excluding diaryl/α,β-unsaturated/α-hetero) is 1. The highest BCUT2D eigenvalue weighted by atomic mass is 16.1. The van der Waals surface area contributed by atoms with E-state index in [9.17, 15) is 9.59 Å². The lowest BCUT2D eigenvalue weighted by molar-refractivity contribution is 0.0947. The van der Waals surface area contributed by atoms with Gasteiger partial charge in [0.15, 0.2) is 5.78 Å². The Morgan fingerprint density at radius 2 is 1.45 bits per heavy atom. The summed E-state index contributed by atoms with van der Waals surface area (Å²) < 4.78 is 0. The van der Waals surface area contributed by atoms with Crippen molar-refractivity contribution in [2.75, 3.05) is 6.54 Å². The van der Waals surface area contributed by atoms with Gasteiger partial charge in [0.2, 0.25) is 0 Å². The van der Waals surface area contributed by atoms with E-state index in [1.807, 2.05) is 0 Å². The molecule has 0 unspecified atom stereocenters. The highest BCUT2D eigenvalue weighted by Gasteiger charge is 2.09. The van der Waals surface area contributed by atoms with Crippen molar-refractivity contribution in [2.45, 2.75) is 53.4 Å². The van der Waals surface area contributed by atoms with Crippen molar-refractivity contribution < 1.29 is 9.59 Å². The van der Waals surface area contributed by atoms with E-state index < -0.39 is 0 Å². The molecule has 1 amide bonds. The van der Waals surface area contributed by atoms with Gasteiger partial charge >= 0.3 is 0 Å². The van der Waals surface area contributed by atoms with Crippen LogP contribution in [0.4, 0.5) is 0 Å². The topological polar surface area (TPSA) is 46.2 Å². The van der Waals surface area contributed by atoms with Crippen LogP contribution in [0.15, 0.2) is 24.3 Å². The van der Waals surface area contributed by atoms with Crippen LogP contribution in [-0.2, 0) is 0 Å². The molecule has 0 aliphatic heterocycles. The zero-order valence-corrected chi connectivity index (χ0v) is 14.3. The van der Waals surface area contributed by atoms with Crippen LogP contribution < -0.4 is 5.32 Å². The minimum absolute atomic E-state index is 0.0699. The maximum absolute atomic E-state index is 12.1. The number of ketones is 1. The summed E-state index contributed by atoms with van der Waals surface area (Å²) in [6.45, 7) is 9.28. The third-order valence-electron chi connectivity index (χ3n) is 3.66. The van der Waals surface area contributed by atoms with Gasteiger partial charge in [0.05, 0.1) is 0 Å². The van der Waals surface area contributed by atoms with E-state index in [1.54, 1.807) is 24.3 Å². The van der Waals surface area contributed by atoms with Crippen molar-refractivity contribution in [3.05, 3.63) is 35.4 Å². The van der Waals surface area contributed by atoms with Crippen molar-refractivity contribution >= 4 is 11.7 Å². The minimum Gasteiger partial charge on any atom is -0.352 e. The molecule has 3 heteroatoms. The standard InChI is InChI=1S/C19H29NO2/c1-14(2)6-5-7-18(21)16-8-10-17(11-9-16)19(22)20-13-12-15(3)4/h8-11,14-15H,5-7,12-13H2,1-4H3,(H,20,22). The Hall–Kier alpha value is -1.64. The van der Waals surface area contributed by atoms with Gasteiger partial charge in [-0.3, -0.25) is 9.59 Å². The molecule has 0 bridgehead atoms. The number of carbonyl (C=O) groups excluding carboxylic acids is 2. The third kappa shape index (κ3) is 6.88. The highest BCUT2D eigenvalue weighted by Crippen LogP contribution is 2.12. The molecule has 0 aliphatic rings. The minimum atomic E-state index is -0.0699. The van der Waals surface area contributed by atoms with Gasteiger partial charge in [-0.15, -0.1) is 0 Å². The number of amides is 1. The van der Waals surface area contributed by atoms with Gasteiger partial charge in [-0.25, -0.2) is 0 Å². The molecule has 22 heavy (non-hydrogen) atoms. The van der Waals surface area contributed by atoms with Gasteiger partial charge in [0, 0.05) is 24.1 Å². The number of hydrogen-bond donors (Lipinski definition) is 1. The summed E-state index contributed by atoms with van der Waals surface area (Å²) in [6.07, 6.45) is 3.55. The van der Waals surface area contributed by atoms with Crippen molar-refractivity contribution in [1.82, 2.24) is 5.32 Å². The summed E-state index contributed by atoms with van der Waals surface area (Å²) in [4.78, 5) is 24.0. The molecule has 0 saturated heterocycles. The van der Waals surface area contributed by atoms with E-state index in [0.29, 0.717) is 35.9 Å². The number of nitrogens with one attached hydrogen (secondary N) is 1. The molecular formula is C19H29NO2. The quantitative estimate of drug-likeness (QED) is 0.684. The first kappa shape index (κ1) is 18.4. The van der Waals surface area contributed by atoms with E-state index in [0.717, 1.165) is 19.3 Å². The van der Waals surface area contributed by atoms with Crippen LogP contribution in [-0.4, -0.2) is 18.2 Å². The van der Waals surface area contributed by atoms with Crippen LogP contribution in [0.5, 0.6) is 0 Å². The fourth-order valence-electron chi connectivity index (χ4n) is 2.20. The molecule has 1 rings (SSSR count). The number of hydrogen-bond acceptors (Lipinski definition) is 2. The number of carbonyl (C=O) groups is 2. The molecular weight excluding hydrogens is 274 g/mol. The normalized spacial score (nSPS) is 11.0. The number of benzene rings is 1. The summed E-state index contributed by atoms with van der Waals surface area (Å²) in [7, 11) is 0. The lowest BCUT2D eigenvalue weighted by Gasteiger charge is -2.08. The first-order valence-electron chi connectivity index (χ1n) is 8.31. The van der Waals surface area contributed by atoms with Crippen LogP contribution in [0.3, 0.4) is 0 Å². The fraction of sp³-hybridized carbons (Fsp3) is 0.579. The first-order valence-corrected chi connectivity index (χ1v) is 8.31. The average molecular weight is 303 g/mol. The maximum Gasteiger partial charge on any atom is 0.251 e. The van der Waals surface area contributed by atoms with E-state index in [-0.39, 0.29) is 11.7 Å². The van der Waals surface area contributed by atoms with E-state index in [4.69, 9.17) is 0 Å². The second-order valence-corrected chi connectivity index (χ2v) is 6.73. The zero-order valence-electron chi connectivity index (χ0n) is 14.3. The smallest absolute Gasteiger partial charge is 0.251 e. The molecule has 122 valence electrons. The summed E-state index contributed by atoms with van der Waals surface area (Å²) in [6, 6.07) is 6.99. The van der Waals surface area contributed by atoms with E-state index >= 15 is 0 Å². The summed E-state index contributed by atoms with van der Waals surface area (Å²) in [5.74, 6) is 1.29. The molecule has 3 nitrogen and oxygen atoms in total. The molecule has 0 radical (unpaired) electrons. The lowest BCUT2D eigenvalue weighted by Crippen LogP contribution is -2.25. The monoisotopic (exact) mass is 303 g/mol. The molecule has 0 spiro atoms. The predicted molar refractivity (Wildman–Crippen MR) is 91.2 cm³/mol. The molecule has 0 aromatic heterocycles. The first-order chi connectivity index (χ1) is 10.4. The number of rotatable bonds is 9. The second kappa shape index (κ2) is 9.39. The van der Waals surface area contributed by atoms with Crippen LogP contribution in [0.1, 0.15) is 74.1 Å². The maximum atomic E-state index is 12.1. The van der Waals surface area contributed by atoms with Crippen LogP contribution >= 0.6 is 0 Å². The van der Waals surface area contributed by atoms with Gasteiger partial charge < -0.3 is 5.32 Å². The van der Waals surface area contributed by atoms with Gasteiger partial charge in [-0.2, -0.15) is 0 Å². The molecule has 0 atom stereocenters. The Bertz CT molecular complexity index is 430. The van der Waals surface area contributed by atoms with Gasteiger partial charge in [-0.1, -0.05) is 46.2 Å². The molecule has 0 fully saturated rings. The Balaban J connectivity index is 2.48. The molecule has 0 saturated carbocycles. The van der Waals surface area contributed by atoms with Crippen molar-refractivity contribution in [3.63, 3.8) is 0 Å². The van der Waals surface area contributed by atoms with E-state index in [2.05, 4.69) is 33.0 Å². The van der Waals surface area contributed by atoms with Crippen LogP contribution in [0.2, 0.25) is 0 Å².